The molecule has 2 aliphatic heterocycles. The Morgan fingerprint density at radius 2 is 1.93 bits per heavy atom. The van der Waals surface area contributed by atoms with Crippen LogP contribution in [-0.2, 0) is 18.9 Å². The summed E-state index contributed by atoms with van der Waals surface area (Å²) in [7, 11) is 1.50. The van der Waals surface area contributed by atoms with Gasteiger partial charge < -0.3 is 24.1 Å². The number of carbonyl (C=O) groups is 1. The third-order valence-electron chi connectivity index (χ3n) is 2.73. The number of hydrogen-bond acceptors (Lipinski definition) is 6. The van der Waals surface area contributed by atoms with Crippen LogP contribution in [-0.4, -0.2) is 48.6 Å². The van der Waals surface area contributed by atoms with Crippen molar-refractivity contribution in [3.8, 4) is 0 Å². The zero-order chi connectivity index (χ0) is 11.2. The van der Waals surface area contributed by atoms with Gasteiger partial charge in [-0.1, -0.05) is 0 Å². The van der Waals surface area contributed by atoms with Crippen molar-refractivity contribution in [2.75, 3.05) is 7.11 Å². The van der Waals surface area contributed by atoms with Gasteiger partial charge in [-0.3, -0.25) is 0 Å². The topological polar surface area (TPSA) is 74.2 Å². The van der Waals surface area contributed by atoms with Gasteiger partial charge in [-0.15, -0.1) is 0 Å². The minimum Gasteiger partial charge on any atom is -0.424 e. The molecule has 6 heteroatoms. The second-order valence-electron chi connectivity index (χ2n) is 4.18. The van der Waals surface area contributed by atoms with E-state index in [0.29, 0.717) is 0 Å². The Bertz CT molecular complexity index is 276. The minimum absolute atomic E-state index is 0.461. The molecule has 2 fully saturated rings. The lowest BCUT2D eigenvalue weighted by Crippen LogP contribution is -2.61. The number of methoxy groups -OCH3 is 1. The summed E-state index contributed by atoms with van der Waals surface area (Å²) in [5.74, 6) is 0. The highest BCUT2D eigenvalue weighted by Crippen LogP contribution is 2.36. The molecule has 6 nitrogen and oxygen atoms in total. The number of fused-ring (bicyclic) bond motifs is 1. The Balaban J connectivity index is 2.26. The summed E-state index contributed by atoms with van der Waals surface area (Å²) in [6.07, 6.45) is -3.87. The van der Waals surface area contributed by atoms with E-state index < -0.39 is 36.4 Å². The van der Waals surface area contributed by atoms with Gasteiger partial charge in [-0.25, -0.2) is 4.79 Å². The highest BCUT2D eigenvalue weighted by Gasteiger charge is 2.57. The summed E-state index contributed by atoms with van der Waals surface area (Å²) >= 11 is 0. The fourth-order valence-electron chi connectivity index (χ4n) is 2.10. The quantitative estimate of drug-likeness (QED) is 0.626. The summed E-state index contributed by atoms with van der Waals surface area (Å²) in [5.41, 5.74) is -0.733. The Morgan fingerprint density at radius 1 is 1.33 bits per heavy atom. The Labute approximate surface area is 87.1 Å². The summed E-state index contributed by atoms with van der Waals surface area (Å²) in [4.78, 5) is 11.0. The maximum Gasteiger partial charge on any atom is 0.509 e. The lowest BCUT2D eigenvalue weighted by molar-refractivity contribution is -0.291. The van der Waals surface area contributed by atoms with Crippen LogP contribution in [0.4, 0.5) is 4.79 Å². The number of aliphatic hydroxyl groups is 1. The van der Waals surface area contributed by atoms with E-state index in [4.69, 9.17) is 18.9 Å². The van der Waals surface area contributed by atoms with Crippen molar-refractivity contribution < 1.29 is 28.8 Å². The van der Waals surface area contributed by atoms with Crippen molar-refractivity contribution in [2.24, 2.45) is 0 Å². The minimum atomic E-state index is -1.18. The lowest BCUT2D eigenvalue weighted by Gasteiger charge is -2.43. The molecule has 0 spiro atoms. The molecular formula is C9H14O6. The van der Waals surface area contributed by atoms with E-state index >= 15 is 0 Å². The predicted molar refractivity (Wildman–Crippen MR) is 47.1 cm³/mol. The molecule has 0 aliphatic carbocycles. The zero-order valence-corrected chi connectivity index (χ0v) is 8.80. The van der Waals surface area contributed by atoms with E-state index in [9.17, 15) is 9.90 Å². The molecule has 0 aromatic carbocycles. The molecule has 2 heterocycles. The molecule has 1 N–H and O–H groups in total. The van der Waals surface area contributed by atoms with E-state index in [-0.39, 0.29) is 0 Å². The molecule has 0 radical (unpaired) electrons. The highest BCUT2D eigenvalue weighted by molar-refractivity contribution is 5.63. The summed E-state index contributed by atoms with van der Waals surface area (Å²) in [6, 6.07) is 0. The van der Waals surface area contributed by atoms with E-state index in [1.54, 1.807) is 13.8 Å². The first-order valence-electron chi connectivity index (χ1n) is 4.71. The third kappa shape index (κ3) is 1.58. The average Bonchev–Trinajstić information content (AvgIpc) is 2.46. The van der Waals surface area contributed by atoms with Gasteiger partial charge in [0, 0.05) is 7.11 Å². The molecule has 0 bridgehead atoms. The molecule has 0 unspecified atom stereocenters. The van der Waals surface area contributed by atoms with Gasteiger partial charge in [0.25, 0.3) is 0 Å². The predicted octanol–water partition coefficient (Wildman–Crippen LogP) is 0.0326. The van der Waals surface area contributed by atoms with Crippen LogP contribution in [0.3, 0.4) is 0 Å². The van der Waals surface area contributed by atoms with Crippen molar-refractivity contribution in [3.05, 3.63) is 0 Å². The smallest absolute Gasteiger partial charge is 0.424 e. The van der Waals surface area contributed by atoms with Crippen molar-refractivity contribution in [1.82, 2.24) is 0 Å². The average molecular weight is 218 g/mol. The zero-order valence-electron chi connectivity index (χ0n) is 8.80. The van der Waals surface area contributed by atoms with Crippen LogP contribution in [0.25, 0.3) is 0 Å². The Hall–Kier alpha value is -0.850. The van der Waals surface area contributed by atoms with Crippen molar-refractivity contribution in [1.29, 1.82) is 0 Å². The van der Waals surface area contributed by atoms with Crippen LogP contribution in [0.5, 0.6) is 0 Å². The van der Waals surface area contributed by atoms with Gasteiger partial charge in [-0.2, -0.15) is 0 Å². The van der Waals surface area contributed by atoms with Gasteiger partial charge in [0.05, 0.1) is 5.60 Å². The van der Waals surface area contributed by atoms with E-state index in [0.717, 1.165) is 0 Å². The molecule has 2 saturated heterocycles. The maximum absolute atomic E-state index is 11.0. The van der Waals surface area contributed by atoms with Crippen molar-refractivity contribution >= 4 is 6.16 Å². The molecule has 86 valence electrons. The number of aliphatic hydroxyl groups excluding tert-OH is 1. The molecular weight excluding hydrogens is 204 g/mol. The van der Waals surface area contributed by atoms with Crippen LogP contribution in [0, 0.1) is 0 Å². The summed E-state index contributed by atoms with van der Waals surface area (Å²) in [6.45, 7) is 3.51. The largest absolute Gasteiger partial charge is 0.509 e. The van der Waals surface area contributed by atoms with Gasteiger partial charge in [0.2, 0.25) is 0 Å². The number of rotatable bonds is 1. The molecule has 0 aromatic heterocycles. The normalized spacial score (nSPS) is 43.1. The molecule has 4 atom stereocenters. The van der Waals surface area contributed by atoms with E-state index in [2.05, 4.69) is 0 Å². The Kier molecular flexibility index (Phi) is 2.37. The molecule has 0 aromatic rings. The fourth-order valence-corrected chi connectivity index (χ4v) is 2.10. The lowest BCUT2D eigenvalue weighted by atomic mass is 9.90. The number of carbonyl (C=O) groups excluding carboxylic acids is 1. The second kappa shape index (κ2) is 3.33. The number of hydrogen-bond donors (Lipinski definition) is 1. The first-order chi connectivity index (χ1) is 6.95. The molecule has 0 amide bonds. The molecule has 0 saturated carbocycles. The summed E-state index contributed by atoms with van der Waals surface area (Å²) in [5, 5.41) is 9.61. The van der Waals surface area contributed by atoms with E-state index in [1.807, 2.05) is 0 Å². The SMILES string of the molecule is CO[C@H]1[C@H]2OC(=O)O[C@H]2[C@H](O)OC1(C)C. The fraction of sp³-hybridized carbons (Fsp3) is 0.889. The molecule has 2 rings (SSSR count). The number of ether oxygens (including phenoxy) is 4. The Morgan fingerprint density at radius 3 is 2.53 bits per heavy atom. The molecule has 15 heavy (non-hydrogen) atoms. The van der Waals surface area contributed by atoms with Crippen LogP contribution < -0.4 is 0 Å². The van der Waals surface area contributed by atoms with Crippen LogP contribution in [0.2, 0.25) is 0 Å². The summed E-state index contributed by atoms with van der Waals surface area (Å²) < 4.78 is 20.3. The standard InChI is InChI=1S/C9H14O6/c1-9(2)6(12-3)4-5(7(10)15-9)14-8(11)13-4/h4-7,10H,1-3H3/t4-,5+,6-,7+/m0/s1. The van der Waals surface area contributed by atoms with Crippen LogP contribution in [0.15, 0.2) is 0 Å². The van der Waals surface area contributed by atoms with Gasteiger partial charge in [0.15, 0.2) is 18.5 Å². The van der Waals surface area contributed by atoms with Crippen LogP contribution >= 0.6 is 0 Å². The monoisotopic (exact) mass is 218 g/mol. The first-order valence-corrected chi connectivity index (χ1v) is 4.71. The highest BCUT2D eigenvalue weighted by atomic mass is 16.8. The molecule has 2 aliphatic rings. The third-order valence-corrected chi connectivity index (χ3v) is 2.73. The van der Waals surface area contributed by atoms with Crippen LogP contribution in [0.1, 0.15) is 13.8 Å². The van der Waals surface area contributed by atoms with Gasteiger partial charge in [-0.05, 0) is 13.8 Å². The first kappa shape index (κ1) is 10.7. The van der Waals surface area contributed by atoms with E-state index in [1.165, 1.54) is 7.11 Å². The van der Waals surface area contributed by atoms with Gasteiger partial charge >= 0.3 is 6.16 Å². The van der Waals surface area contributed by atoms with Crippen molar-refractivity contribution in [2.45, 2.75) is 44.1 Å². The second-order valence-corrected chi connectivity index (χ2v) is 4.18. The van der Waals surface area contributed by atoms with Crippen molar-refractivity contribution in [3.63, 3.8) is 0 Å². The maximum atomic E-state index is 11.0. The van der Waals surface area contributed by atoms with Gasteiger partial charge in [0.1, 0.15) is 6.10 Å².